The van der Waals surface area contributed by atoms with Crippen molar-refractivity contribution in [3.63, 3.8) is 0 Å². The number of carbonyl (C=O) groups excluding carboxylic acids is 1. The smallest absolute Gasteiger partial charge is 0.176 e. The van der Waals surface area contributed by atoms with Gasteiger partial charge in [-0.25, -0.2) is 0 Å². The molecule has 4 nitrogen and oxygen atoms in total. The van der Waals surface area contributed by atoms with Crippen molar-refractivity contribution in [2.75, 3.05) is 20.7 Å². The van der Waals surface area contributed by atoms with Gasteiger partial charge in [-0.05, 0) is 36.4 Å². The van der Waals surface area contributed by atoms with Gasteiger partial charge < -0.3 is 9.47 Å². The second-order valence-electron chi connectivity index (χ2n) is 6.72. The van der Waals surface area contributed by atoms with Gasteiger partial charge >= 0.3 is 0 Å². The molecule has 0 fully saturated rings. The largest absolute Gasteiger partial charge is 0.493 e. The Morgan fingerprint density at radius 2 is 1.50 bits per heavy atom. The lowest BCUT2D eigenvalue weighted by molar-refractivity contribution is 0.0942. The van der Waals surface area contributed by atoms with Crippen LogP contribution < -0.4 is 9.47 Å². The lowest BCUT2D eigenvalue weighted by Crippen LogP contribution is -2.25. The molecule has 0 atom stereocenters. The van der Waals surface area contributed by atoms with E-state index in [2.05, 4.69) is 12.1 Å². The first-order chi connectivity index (χ1) is 13.7. The van der Waals surface area contributed by atoms with Gasteiger partial charge in [-0.1, -0.05) is 60.7 Å². The zero-order valence-corrected chi connectivity index (χ0v) is 16.3. The summed E-state index contributed by atoms with van der Waals surface area (Å²) in [5.41, 5.74) is 2.87. The van der Waals surface area contributed by atoms with Crippen LogP contribution >= 0.6 is 0 Å². The first-order valence-electron chi connectivity index (χ1n) is 9.26. The van der Waals surface area contributed by atoms with Crippen molar-refractivity contribution in [2.45, 2.75) is 13.2 Å². The van der Waals surface area contributed by atoms with Crippen LogP contribution in [0.5, 0.6) is 11.5 Å². The molecule has 0 saturated heterocycles. The maximum Gasteiger partial charge on any atom is 0.176 e. The van der Waals surface area contributed by atoms with E-state index in [4.69, 9.17) is 9.47 Å². The third-order valence-corrected chi connectivity index (χ3v) is 4.43. The molecule has 0 amide bonds. The highest BCUT2D eigenvalue weighted by Crippen LogP contribution is 2.29. The number of ketones is 1. The van der Waals surface area contributed by atoms with E-state index in [-0.39, 0.29) is 5.78 Å². The number of hydrogen-bond acceptors (Lipinski definition) is 4. The summed E-state index contributed by atoms with van der Waals surface area (Å²) < 4.78 is 11.3. The molecule has 0 bridgehead atoms. The molecule has 3 aromatic carbocycles. The second kappa shape index (κ2) is 9.72. The van der Waals surface area contributed by atoms with Crippen molar-refractivity contribution in [1.82, 2.24) is 4.90 Å². The summed E-state index contributed by atoms with van der Waals surface area (Å²) in [6.07, 6.45) is 0. The number of nitrogens with zero attached hydrogens (tertiary/aromatic N) is 1. The van der Waals surface area contributed by atoms with Crippen LogP contribution in [0.3, 0.4) is 0 Å². The van der Waals surface area contributed by atoms with Gasteiger partial charge in [0.1, 0.15) is 6.61 Å². The molecule has 0 aromatic heterocycles. The van der Waals surface area contributed by atoms with Crippen LogP contribution in [0, 0.1) is 0 Å². The number of rotatable bonds is 9. The van der Waals surface area contributed by atoms with E-state index in [9.17, 15) is 4.79 Å². The highest BCUT2D eigenvalue weighted by Gasteiger charge is 2.13. The summed E-state index contributed by atoms with van der Waals surface area (Å²) in [5, 5.41) is 0. The molecular formula is C24H25NO3. The summed E-state index contributed by atoms with van der Waals surface area (Å²) in [7, 11) is 3.53. The Hall–Kier alpha value is -3.11. The molecule has 0 unspecified atom stereocenters. The Morgan fingerprint density at radius 1 is 0.857 bits per heavy atom. The van der Waals surface area contributed by atoms with Gasteiger partial charge in [-0.15, -0.1) is 0 Å². The SMILES string of the molecule is COc1cc(C(=O)CN(C)Cc2ccccc2)ccc1OCc1ccccc1. The predicted octanol–water partition coefficient (Wildman–Crippen LogP) is 4.59. The third-order valence-electron chi connectivity index (χ3n) is 4.43. The van der Waals surface area contributed by atoms with Gasteiger partial charge in [0.15, 0.2) is 17.3 Å². The highest BCUT2D eigenvalue weighted by atomic mass is 16.5. The van der Waals surface area contributed by atoms with E-state index in [1.807, 2.05) is 60.5 Å². The number of carbonyl (C=O) groups is 1. The summed E-state index contributed by atoms with van der Waals surface area (Å²) in [4.78, 5) is 14.7. The van der Waals surface area contributed by atoms with E-state index < -0.39 is 0 Å². The summed E-state index contributed by atoms with van der Waals surface area (Å²) >= 11 is 0. The van der Waals surface area contributed by atoms with Crippen molar-refractivity contribution in [3.05, 3.63) is 95.6 Å². The van der Waals surface area contributed by atoms with E-state index in [0.717, 1.165) is 12.1 Å². The van der Waals surface area contributed by atoms with Crippen LogP contribution in [0.15, 0.2) is 78.9 Å². The molecule has 0 aliphatic heterocycles. The first kappa shape index (κ1) is 19.6. The minimum absolute atomic E-state index is 0.0475. The van der Waals surface area contributed by atoms with E-state index in [1.54, 1.807) is 25.3 Å². The Morgan fingerprint density at radius 3 is 2.14 bits per heavy atom. The van der Waals surface area contributed by atoms with Gasteiger partial charge in [-0.2, -0.15) is 0 Å². The van der Waals surface area contributed by atoms with Crippen molar-refractivity contribution in [1.29, 1.82) is 0 Å². The van der Waals surface area contributed by atoms with Crippen LogP contribution in [0.1, 0.15) is 21.5 Å². The number of likely N-dealkylation sites (N-methyl/N-ethyl adjacent to an activating group) is 1. The summed E-state index contributed by atoms with van der Waals surface area (Å²) in [6.45, 7) is 1.51. The normalized spacial score (nSPS) is 10.7. The number of benzene rings is 3. The van der Waals surface area contributed by atoms with Gasteiger partial charge in [0.25, 0.3) is 0 Å². The summed E-state index contributed by atoms with van der Waals surface area (Å²) in [5.74, 6) is 1.24. The third kappa shape index (κ3) is 5.44. The molecule has 3 aromatic rings. The van der Waals surface area contributed by atoms with Crippen LogP contribution in [-0.2, 0) is 13.2 Å². The van der Waals surface area contributed by atoms with Crippen molar-refractivity contribution in [2.24, 2.45) is 0 Å². The van der Waals surface area contributed by atoms with Gasteiger partial charge in [-0.3, -0.25) is 9.69 Å². The van der Waals surface area contributed by atoms with E-state index >= 15 is 0 Å². The fourth-order valence-electron chi connectivity index (χ4n) is 2.98. The fraction of sp³-hybridized carbons (Fsp3) is 0.208. The van der Waals surface area contributed by atoms with Crippen LogP contribution in [0.4, 0.5) is 0 Å². The number of methoxy groups -OCH3 is 1. The zero-order valence-electron chi connectivity index (χ0n) is 16.3. The van der Waals surface area contributed by atoms with Crippen molar-refractivity contribution in [3.8, 4) is 11.5 Å². The van der Waals surface area contributed by atoms with Crippen LogP contribution in [0.2, 0.25) is 0 Å². The lowest BCUT2D eigenvalue weighted by atomic mass is 10.1. The summed E-state index contributed by atoms with van der Waals surface area (Å²) in [6, 6.07) is 25.4. The molecule has 0 saturated carbocycles. The quantitative estimate of drug-likeness (QED) is 0.513. The molecule has 28 heavy (non-hydrogen) atoms. The Labute approximate surface area is 166 Å². The Bertz CT molecular complexity index is 894. The molecule has 0 aliphatic rings. The number of hydrogen-bond donors (Lipinski definition) is 0. The fourth-order valence-corrected chi connectivity index (χ4v) is 2.98. The molecular weight excluding hydrogens is 350 g/mol. The predicted molar refractivity (Wildman–Crippen MR) is 111 cm³/mol. The molecule has 4 heteroatoms. The van der Waals surface area contributed by atoms with Gasteiger partial charge in [0, 0.05) is 12.1 Å². The maximum absolute atomic E-state index is 12.7. The van der Waals surface area contributed by atoms with E-state index in [1.165, 1.54) is 5.56 Å². The van der Waals surface area contributed by atoms with Gasteiger partial charge in [0.05, 0.1) is 13.7 Å². The molecule has 0 spiro atoms. The molecule has 0 aliphatic carbocycles. The van der Waals surface area contributed by atoms with E-state index in [0.29, 0.717) is 30.2 Å². The second-order valence-corrected chi connectivity index (χ2v) is 6.72. The molecule has 0 radical (unpaired) electrons. The zero-order chi connectivity index (χ0) is 19.8. The Kier molecular flexibility index (Phi) is 6.82. The minimum Gasteiger partial charge on any atom is -0.493 e. The van der Waals surface area contributed by atoms with Crippen LogP contribution in [-0.4, -0.2) is 31.4 Å². The number of ether oxygens (including phenoxy) is 2. The topological polar surface area (TPSA) is 38.8 Å². The Balaban J connectivity index is 1.62. The average molecular weight is 375 g/mol. The van der Waals surface area contributed by atoms with Crippen molar-refractivity contribution < 1.29 is 14.3 Å². The molecule has 0 heterocycles. The van der Waals surface area contributed by atoms with Crippen molar-refractivity contribution >= 4 is 5.78 Å². The molecule has 3 rings (SSSR count). The lowest BCUT2D eigenvalue weighted by Gasteiger charge is -2.17. The average Bonchev–Trinajstić information content (AvgIpc) is 2.73. The minimum atomic E-state index is 0.0475. The molecule has 144 valence electrons. The highest BCUT2D eigenvalue weighted by molar-refractivity contribution is 5.98. The molecule has 0 N–H and O–H groups in total. The van der Waals surface area contributed by atoms with Crippen LogP contribution in [0.25, 0.3) is 0 Å². The number of Topliss-reactive ketones (excluding diaryl/α,β-unsaturated/α-hetero) is 1. The maximum atomic E-state index is 12.7. The standard InChI is InChI=1S/C24H25NO3/c1-25(16-19-9-5-3-6-10-19)17-22(26)21-13-14-23(24(15-21)27-2)28-18-20-11-7-4-8-12-20/h3-15H,16-18H2,1-2H3. The van der Waals surface area contributed by atoms with Gasteiger partial charge in [0.2, 0.25) is 0 Å². The first-order valence-corrected chi connectivity index (χ1v) is 9.26. The monoisotopic (exact) mass is 375 g/mol.